The summed E-state index contributed by atoms with van der Waals surface area (Å²) in [5.74, 6) is 0.253. The quantitative estimate of drug-likeness (QED) is 0.274. The van der Waals surface area contributed by atoms with Crippen molar-refractivity contribution in [2.24, 2.45) is 5.18 Å². The Morgan fingerprint density at radius 2 is 1.61 bits per heavy atom. The Balaban J connectivity index is 1.47. The molecule has 5 rings (SSSR count). The van der Waals surface area contributed by atoms with Crippen molar-refractivity contribution in [2.75, 3.05) is 37.6 Å². The lowest BCUT2D eigenvalue weighted by atomic mass is 9.87. The number of benzene rings is 3. The smallest absolute Gasteiger partial charge is 0.116 e. The van der Waals surface area contributed by atoms with E-state index in [2.05, 4.69) is 69.6 Å². The molecule has 0 unspecified atom stereocenters. The third-order valence-electron chi connectivity index (χ3n) is 7.38. The molecule has 5 nitrogen and oxygen atoms in total. The normalized spacial score (nSPS) is 17.1. The number of rotatable bonds is 10. The first-order chi connectivity index (χ1) is 17.7. The molecule has 5 heteroatoms. The zero-order valence-electron chi connectivity index (χ0n) is 20.9. The number of nitrogens with zero attached hydrogens (tertiary/aromatic N) is 3. The molecule has 1 heterocycles. The summed E-state index contributed by atoms with van der Waals surface area (Å²) in [6.07, 6.45) is 5.00. The lowest BCUT2D eigenvalue weighted by molar-refractivity contribution is 0.248. The number of hydrogen-bond donors (Lipinski definition) is 1. The number of nitroso groups, excluding NO2 is 1. The van der Waals surface area contributed by atoms with Gasteiger partial charge in [-0.2, -0.15) is 4.91 Å². The van der Waals surface area contributed by atoms with Crippen LogP contribution in [0.4, 0.5) is 5.69 Å². The highest BCUT2D eigenvalue weighted by Crippen LogP contribution is 2.34. The van der Waals surface area contributed by atoms with Gasteiger partial charge in [-0.15, -0.1) is 0 Å². The van der Waals surface area contributed by atoms with Crippen molar-refractivity contribution in [1.82, 2.24) is 4.90 Å². The van der Waals surface area contributed by atoms with Crippen LogP contribution in [-0.2, 0) is 6.42 Å². The maximum Gasteiger partial charge on any atom is 0.116 e. The average molecular weight is 482 g/mol. The monoisotopic (exact) mass is 481 g/mol. The Hall–Kier alpha value is -3.44. The maximum absolute atomic E-state index is 10.8. The highest BCUT2D eigenvalue weighted by atomic mass is 16.3. The number of phenolic OH excluding ortho intramolecular Hbond substituents is 1. The molecule has 3 aromatic carbocycles. The number of aromatic hydroxyl groups is 1. The first-order valence-corrected chi connectivity index (χ1v) is 13.1. The molecule has 2 fully saturated rings. The zero-order chi connectivity index (χ0) is 24.7. The molecule has 36 heavy (non-hydrogen) atoms. The third-order valence-corrected chi connectivity index (χ3v) is 7.38. The molecule has 3 aromatic rings. The van der Waals surface area contributed by atoms with Gasteiger partial charge in [-0.3, -0.25) is 4.90 Å². The van der Waals surface area contributed by atoms with Gasteiger partial charge in [0.05, 0.1) is 6.54 Å². The third kappa shape index (κ3) is 6.03. The SMILES string of the molecule is O=NCCC/C(Cc1ccccc1)=C(/c1ccc(N2CCN(C3CC3)CC2)cc1)c1cccc(O)c1. The van der Waals surface area contributed by atoms with Crippen LogP contribution in [0.1, 0.15) is 42.4 Å². The van der Waals surface area contributed by atoms with Gasteiger partial charge in [-0.1, -0.05) is 65.3 Å². The van der Waals surface area contributed by atoms with E-state index >= 15 is 0 Å². The van der Waals surface area contributed by atoms with E-state index < -0.39 is 0 Å². The van der Waals surface area contributed by atoms with E-state index in [1.54, 1.807) is 6.07 Å². The van der Waals surface area contributed by atoms with Gasteiger partial charge in [-0.25, -0.2) is 0 Å². The Bertz CT molecular complexity index is 1180. The van der Waals surface area contributed by atoms with Crippen LogP contribution in [0.2, 0.25) is 0 Å². The minimum Gasteiger partial charge on any atom is -0.508 e. The topological polar surface area (TPSA) is 56.1 Å². The molecular formula is C31H35N3O2. The van der Waals surface area contributed by atoms with Crippen molar-refractivity contribution in [3.05, 3.63) is 106 Å². The molecule has 1 aliphatic heterocycles. The van der Waals surface area contributed by atoms with Crippen molar-refractivity contribution >= 4 is 11.3 Å². The van der Waals surface area contributed by atoms with Crippen LogP contribution in [0.15, 0.2) is 89.6 Å². The lowest BCUT2D eigenvalue weighted by Gasteiger charge is -2.36. The van der Waals surface area contributed by atoms with E-state index in [0.717, 1.165) is 61.8 Å². The first kappa shape index (κ1) is 24.3. The highest BCUT2D eigenvalue weighted by molar-refractivity contribution is 5.83. The largest absolute Gasteiger partial charge is 0.508 e. The summed E-state index contributed by atoms with van der Waals surface area (Å²) in [6.45, 7) is 4.74. The van der Waals surface area contributed by atoms with E-state index in [4.69, 9.17) is 0 Å². The van der Waals surface area contributed by atoms with E-state index in [1.807, 2.05) is 18.2 Å². The number of piperazine rings is 1. The number of phenols is 1. The second kappa shape index (κ2) is 11.5. The molecule has 0 bridgehead atoms. The molecule has 2 aliphatic rings. The fraction of sp³-hybridized carbons (Fsp3) is 0.355. The van der Waals surface area contributed by atoms with Crippen LogP contribution in [0.3, 0.4) is 0 Å². The van der Waals surface area contributed by atoms with Gasteiger partial charge in [0, 0.05) is 37.9 Å². The van der Waals surface area contributed by atoms with Gasteiger partial charge in [0.25, 0.3) is 0 Å². The summed E-state index contributed by atoms with van der Waals surface area (Å²) >= 11 is 0. The number of anilines is 1. The molecule has 1 saturated carbocycles. The summed E-state index contributed by atoms with van der Waals surface area (Å²) in [5, 5.41) is 13.4. The zero-order valence-corrected chi connectivity index (χ0v) is 20.9. The molecule has 0 spiro atoms. The minimum absolute atomic E-state index is 0.253. The molecule has 1 saturated heterocycles. The molecule has 0 amide bonds. The number of allylic oxidation sites excluding steroid dienone is 1. The van der Waals surface area contributed by atoms with Crippen molar-refractivity contribution in [3.63, 3.8) is 0 Å². The second-order valence-corrected chi connectivity index (χ2v) is 9.95. The number of hydrogen-bond acceptors (Lipinski definition) is 5. The summed E-state index contributed by atoms with van der Waals surface area (Å²) in [5.41, 5.74) is 7.00. The van der Waals surface area contributed by atoms with Crippen LogP contribution >= 0.6 is 0 Å². The maximum atomic E-state index is 10.8. The van der Waals surface area contributed by atoms with Crippen LogP contribution in [-0.4, -0.2) is 48.8 Å². The fourth-order valence-corrected chi connectivity index (χ4v) is 5.36. The van der Waals surface area contributed by atoms with Gasteiger partial charge in [0.1, 0.15) is 5.75 Å². The lowest BCUT2D eigenvalue weighted by Crippen LogP contribution is -2.47. The van der Waals surface area contributed by atoms with Gasteiger partial charge >= 0.3 is 0 Å². The molecule has 0 radical (unpaired) electrons. The van der Waals surface area contributed by atoms with Crippen LogP contribution in [0, 0.1) is 4.91 Å². The first-order valence-electron chi connectivity index (χ1n) is 13.1. The van der Waals surface area contributed by atoms with Gasteiger partial charge < -0.3 is 10.0 Å². The van der Waals surface area contributed by atoms with Crippen LogP contribution in [0.5, 0.6) is 5.75 Å². The summed E-state index contributed by atoms with van der Waals surface area (Å²) < 4.78 is 0. The van der Waals surface area contributed by atoms with Crippen LogP contribution < -0.4 is 4.90 Å². The predicted octanol–water partition coefficient (Wildman–Crippen LogP) is 6.27. The standard InChI is InChI=1S/C31H35N3O2/c35-30-10-4-8-27(23-30)31(26(9-5-17-32-36)22-24-6-2-1-3-7-24)25-11-13-28(14-12-25)33-18-20-34(21-19-33)29-15-16-29/h1-4,6-8,10-14,23,29,35H,5,9,15-22H2/b31-26+. The molecule has 0 atom stereocenters. The Labute approximate surface area is 214 Å². The van der Waals surface area contributed by atoms with Crippen molar-refractivity contribution in [2.45, 2.75) is 38.1 Å². The molecular weight excluding hydrogens is 446 g/mol. The summed E-state index contributed by atoms with van der Waals surface area (Å²) in [4.78, 5) is 16.0. The van der Waals surface area contributed by atoms with Crippen molar-refractivity contribution in [3.8, 4) is 5.75 Å². The van der Waals surface area contributed by atoms with Crippen molar-refractivity contribution in [1.29, 1.82) is 0 Å². The Kier molecular flexibility index (Phi) is 7.77. The second-order valence-electron chi connectivity index (χ2n) is 9.95. The Morgan fingerprint density at radius 1 is 0.861 bits per heavy atom. The fourth-order valence-electron chi connectivity index (χ4n) is 5.36. The van der Waals surface area contributed by atoms with Gasteiger partial charge in [0.15, 0.2) is 0 Å². The predicted molar refractivity (Wildman–Crippen MR) is 147 cm³/mol. The Morgan fingerprint density at radius 3 is 2.28 bits per heavy atom. The van der Waals surface area contributed by atoms with E-state index in [0.29, 0.717) is 13.0 Å². The summed E-state index contributed by atoms with van der Waals surface area (Å²) in [7, 11) is 0. The van der Waals surface area contributed by atoms with Gasteiger partial charge in [-0.05, 0) is 78.6 Å². The molecule has 0 aromatic heterocycles. The van der Waals surface area contributed by atoms with Gasteiger partial charge in [0.2, 0.25) is 0 Å². The summed E-state index contributed by atoms with van der Waals surface area (Å²) in [6, 6.07) is 27.7. The highest BCUT2D eigenvalue weighted by Gasteiger charge is 2.31. The minimum atomic E-state index is 0.253. The molecule has 186 valence electrons. The van der Waals surface area contributed by atoms with E-state index in [9.17, 15) is 10.0 Å². The van der Waals surface area contributed by atoms with E-state index in [1.165, 1.54) is 29.7 Å². The molecule has 1 aliphatic carbocycles. The van der Waals surface area contributed by atoms with Crippen LogP contribution in [0.25, 0.3) is 5.57 Å². The molecule has 1 N–H and O–H groups in total. The van der Waals surface area contributed by atoms with Crippen molar-refractivity contribution < 1.29 is 5.11 Å². The average Bonchev–Trinajstić information content (AvgIpc) is 3.76. The van der Waals surface area contributed by atoms with E-state index in [-0.39, 0.29) is 5.75 Å².